The number of aromatic nitrogens is 1. The lowest BCUT2D eigenvalue weighted by atomic mass is 9.90. The van der Waals surface area contributed by atoms with E-state index in [-0.39, 0.29) is 12.5 Å². The number of ether oxygens (including phenoxy) is 1. The van der Waals surface area contributed by atoms with Crippen LogP contribution in [0.15, 0.2) is 42.7 Å². The fraction of sp³-hybridized carbons (Fsp3) is 0.368. The maximum Gasteiger partial charge on any atom is 0.260 e. The maximum absolute atomic E-state index is 12.4. The van der Waals surface area contributed by atoms with Crippen LogP contribution in [-0.4, -0.2) is 35.5 Å². The standard InChI is InChI=1S/C19H21ClN2O2/c1-14-12-17(20)2-3-18(14)24-13-19(23)22-10-6-16(7-11-22)15-4-8-21-9-5-15/h2-5,8-9,12,16H,6-7,10-11,13H2,1H3. The first-order chi connectivity index (χ1) is 11.6. The number of nitrogens with zero attached hydrogens (tertiary/aromatic N) is 2. The van der Waals surface area contributed by atoms with Crippen LogP contribution >= 0.6 is 11.6 Å². The van der Waals surface area contributed by atoms with E-state index in [1.54, 1.807) is 12.1 Å². The fourth-order valence-corrected chi connectivity index (χ4v) is 3.33. The van der Waals surface area contributed by atoms with E-state index in [1.807, 2.05) is 30.3 Å². The molecule has 1 saturated heterocycles. The van der Waals surface area contributed by atoms with Gasteiger partial charge in [0.1, 0.15) is 5.75 Å². The molecule has 1 aliphatic rings. The van der Waals surface area contributed by atoms with Crippen LogP contribution in [0, 0.1) is 6.92 Å². The summed E-state index contributed by atoms with van der Waals surface area (Å²) in [4.78, 5) is 18.3. The van der Waals surface area contributed by atoms with Gasteiger partial charge in [-0.05, 0) is 67.1 Å². The van der Waals surface area contributed by atoms with Crippen molar-refractivity contribution in [3.05, 3.63) is 58.9 Å². The Morgan fingerprint density at radius 2 is 1.96 bits per heavy atom. The number of likely N-dealkylation sites (tertiary alicyclic amines) is 1. The van der Waals surface area contributed by atoms with Gasteiger partial charge in [0.05, 0.1) is 0 Å². The van der Waals surface area contributed by atoms with E-state index in [1.165, 1.54) is 5.56 Å². The molecule has 0 atom stereocenters. The lowest BCUT2D eigenvalue weighted by Crippen LogP contribution is -2.40. The van der Waals surface area contributed by atoms with Crippen LogP contribution in [0.25, 0.3) is 0 Å². The van der Waals surface area contributed by atoms with Gasteiger partial charge >= 0.3 is 0 Å². The van der Waals surface area contributed by atoms with Crippen molar-refractivity contribution in [3.63, 3.8) is 0 Å². The largest absolute Gasteiger partial charge is 0.483 e. The molecule has 1 fully saturated rings. The van der Waals surface area contributed by atoms with Gasteiger partial charge in [0.15, 0.2) is 6.61 Å². The molecule has 1 aromatic carbocycles. The number of halogens is 1. The predicted molar refractivity (Wildman–Crippen MR) is 94.5 cm³/mol. The Labute approximate surface area is 147 Å². The number of pyridine rings is 1. The second-order valence-corrected chi connectivity index (χ2v) is 6.57. The highest BCUT2D eigenvalue weighted by Crippen LogP contribution is 2.27. The second-order valence-electron chi connectivity index (χ2n) is 6.13. The van der Waals surface area contributed by atoms with Crippen molar-refractivity contribution in [2.75, 3.05) is 19.7 Å². The minimum absolute atomic E-state index is 0.0394. The van der Waals surface area contributed by atoms with Crippen LogP contribution in [0.5, 0.6) is 5.75 Å². The molecule has 0 radical (unpaired) electrons. The monoisotopic (exact) mass is 344 g/mol. The summed E-state index contributed by atoms with van der Waals surface area (Å²) in [6, 6.07) is 9.54. The lowest BCUT2D eigenvalue weighted by Gasteiger charge is -2.32. The van der Waals surface area contributed by atoms with Gasteiger partial charge in [-0.3, -0.25) is 9.78 Å². The molecule has 0 spiro atoms. The molecule has 4 nitrogen and oxygen atoms in total. The highest BCUT2D eigenvalue weighted by molar-refractivity contribution is 6.30. The fourth-order valence-electron chi connectivity index (χ4n) is 3.10. The van der Waals surface area contributed by atoms with E-state index in [0.29, 0.717) is 16.7 Å². The summed E-state index contributed by atoms with van der Waals surface area (Å²) < 4.78 is 5.66. The van der Waals surface area contributed by atoms with Crippen LogP contribution < -0.4 is 4.74 Å². The third-order valence-electron chi connectivity index (χ3n) is 4.51. The molecule has 1 aliphatic heterocycles. The first kappa shape index (κ1) is 16.8. The average molecular weight is 345 g/mol. The zero-order chi connectivity index (χ0) is 16.9. The lowest BCUT2D eigenvalue weighted by molar-refractivity contribution is -0.134. The molecular formula is C19H21ClN2O2. The van der Waals surface area contributed by atoms with Crippen molar-refractivity contribution in [1.29, 1.82) is 0 Å². The Bertz CT molecular complexity index is 698. The number of benzene rings is 1. The third kappa shape index (κ3) is 4.06. The van der Waals surface area contributed by atoms with Crippen molar-refractivity contribution in [2.24, 2.45) is 0 Å². The molecule has 0 N–H and O–H groups in total. The molecule has 0 bridgehead atoms. The van der Waals surface area contributed by atoms with Crippen molar-refractivity contribution >= 4 is 17.5 Å². The molecule has 1 aromatic heterocycles. The van der Waals surface area contributed by atoms with Gasteiger partial charge in [-0.15, -0.1) is 0 Å². The number of carbonyl (C=O) groups is 1. The molecule has 5 heteroatoms. The number of aryl methyl sites for hydroxylation is 1. The van der Waals surface area contributed by atoms with Crippen molar-refractivity contribution in [2.45, 2.75) is 25.7 Å². The number of carbonyl (C=O) groups excluding carboxylic acids is 1. The van der Waals surface area contributed by atoms with E-state index in [4.69, 9.17) is 16.3 Å². The Morgan fingerprint density at radius 1 is 1.25 bits per heavy atom. The van der Waals surface area contributed by atoms with Gasteiger partial charge in [0.25, 0.3) is 5.91 Å². The Hall–Kier alpha value is -2.07. The number of rotatable bonds is 4. The molecule has 126 valence electrons. The number of amides is 1. The maximum atomic E-state index is 12.4. The first-order valence-electron chi connectivity index (χ1n) is 8.20. The van der Waals surface area contributed by atoms with E-state index in [2.05, 4.69) is 17.1 Å². The zero-order valence-electron chi connectivity index (χ0n) is 13.7. The molecule has 0 saturated carbocycles. The minimum Gasteiger partial charge on any atom is -0.483 e. The van der Waals surface area contributed by atoms with E-state index in [9.17, 15) is 4.79 Å². The van der Waals surface area contributed by atoms with Crippen LogP contribution in [-0.2, 0) is 4.79 Å². The Balaban J connectivity index is 1.50. The molecule has 2 heterocycles. The first-order valence-corrected chi connectivity index (χ1v) is 8.58. The van der Waals surface area contributed by atoms with Gasteiger partial charge in [-0.1, -0.05) is 11.6 Å². The summed E-state index contributed by atoms with van der Waals surface area (Å²) in [7, 11) is 0. The summed E-state index contributed by atoms with van der Waals surface area (Å²) >= 11 is 5.93. The van der Waals surface area contributed by atoms with E-state index >= 15 is 0 Å². The molecule has 3 rings (SSSR count). The quantitative estimate of drug-likeness (QED) is 0.846. The molecule has 1 amide bonds. The van der Waals surface area contributed by atoms with Gasteiger partial charge in [0.2, 0.25) is 0 Å². The topological polar surface area (TPSA) is 42.4 Å². The van der Waals surface area contributed by atoms with Crippen LogP contribution in [0.3, 0.4) is 0 Å². The summed E-state index contributed by atoms with van der Waals surface area (Å²) in [5.74, 6) is 1.26. The molecule has 2 aromatic rings. The molecular weight excluding hydrogens is 324 g/mol. The highest BCUT2D eigenvalue weighted by Gasteiger charge is 2.24. The summed E-state index contributed by atoms with van der Waals surface area (Å²) in [6.45, 7) is 3.54. The van der Waals surface area contributed by atoms with Crippen LogP contribution in [0.2, 0.25) is 5.02 Å². The second kappa shape index (κ2) is 7.67. The van der Waals surface area contributed by atoms with E-state index < -0.39 is 0 Å². The molecule has 0 unspecified atom stereocenters. The van der Waals surface area contributed by atoms with Crippen LogP contribution in [0.4, 0.5) is 0 Å². The van der Waals surface area contributed by atoms with Gasteiger partial charge in [-0.2, -0.15) is 0 Å². The predicted octanol–water partition coefficient (Wildman–Crippen LogP) is 3.83. The Kier molecular flexibility index (Phi) is 5.36. The van der Waals surface area contributed by atoms with Gasteiger partial charge in [0, 0.05) is 30.5 Å². The molecule has 24 heavy (non-hydrogen) atoms. The average Bonchev–Trinajstić information content (AvgIpc) is 2.62. The summed E-state index contributed by atoms with van der Waals surface area (Å²) in [5, 5.41) is 0.671. The Morgan fingerprint density at radius 3 is 2.62 bits per heavy atom. The number of hydrogen-bond acceptors (Lipinski definition) is 3. The molecule has 0 aliphatic carbocycles. The van der Waals surface area contributed by atoms with Gasteiger partial charge < -0.3 is 9.64 Å². The number of hydrogen-bond donors (Lipinski definition) is 0. The highest BCUT2D eigenvalue weighted by atomic mass is 35.5. The normalized spacial score (nSPS) is 15.3. The zero-order valence-corrected chi connectivity index (χ0v) is 14.5. The SMILES string of the molecule is Cc1cc(Cl)ccc1OCC(=O)N1CCC(c2ccncc2)CC1. The summed E-state index contributed by atoms with van der Waals surface area (Å²) in [5.41, 5.74) is 2.25. The number of piperidine rings is 1. The summed E-state index contributed by atoms with van der Waals surface area (Å²) in [6.07, 6.45) is 5.62. The van der Waals surface area contributed by atoms with Gasteiger partial charge in [-0.25, -0.2) is 0 Å². The van der Waals surface area contributed by atoms with Crippen molar-refractivity contribution in [3.8, 4) is 5.75 Å². The third-order valence-corrected chi connectivity index (χ3v) is 4.75. The minimum atomic E-state index is 0.0394. The van der Waals surface area contributed by atoms with Crippen molar-refractivity contribution in [1.82, 2.24) is 9.88 Å². The van der Waals surface area contributed by atoms with Crippen molar-refractivity contribution < 1.29 is 9.53 Å². The van der Waals surface area contributed by atoms with E-state index in [0.717, 1.165) is 31.5 Å². The smallest absolute Gasteiger partial charge is 0.260 e. The van der Waals surface area contributed by atoms with Crippen LogP contribution in [0.1, 0.15) is 29.9 Å².